The highest BCUT2D eigenvalue weighted by molar-refractivity contribution is 7.99. The van der Waals surface area contributed by atoms with Crippen LogP contribution in [0, 0.1) is 6.92 Å². The van der Waals surface area contributed by atoms with Crippen molar-refractivity contribution in [3.63, 3.8) is 0 Å². The van der Waals surface area contributed by atoms with Gasteiger partial charge in [-0.3, -0.25) is 9.36 Å². The van der Waals surface area contributed by atoms with E-state index < -0.39 is 0 Å². The highest BCUT2D eigenvalue weighted by Crippen LogP contribution is 2.23. The Kier molecular flexibility index (Phi) is 8.40. The number of carbonyl (C=O) groups is 1. The first-order chi connectivity index (χ1) is 15.0. The van der Waals surface area contributed by atoms with Crippen LogP contribution in [-0.2, 0) is 24.5 Å². The van der Waals surface area contributed by atoms with E-state index in [4.69, 9.17) is 27.9 Å². The fraction of sp³-hybridized carbons (Fsp3) is 0.227. The summed E-state index contributed by atoms with van der Waals surface area (Å²) in [6.07, 6.45) is 1.75. The van der Waals surface area contributed by atoms with Gasteiger partial charge in [0.05, 0.1) is 5.75 Å². The zero-order valence-electron chi connectivity index (χ0n) is 17.0. The quantitative estimate of drug-likeness (QED) is 0.326. The molecule has 2 aromatic carbocycles. The summed E-state index contributed by atoms with van der Waals surface area (Å²) >= 11 is 13.3. The molecule has 0 bridgehead atoms. The van der Waals surface area contributed by atoms with Gasteiger partial charge in [-0.1, -0.05) is 53.2 Å². The zero-order valence-corrected chi connectivity index (χ0v) is 19.3. The molecule has 1 aromatic heterocycles. The van der Waals surface area contributed by atoms with Crippen molar-refractivity contribution in [3.8, 4) is 5.75 Å². The van der Waals surface area contributed by atoms with Gasteiger partial charge in [-0.05, 0) is 48.4 Å². The number of aryl methyl sites for hydroxylation is 1. The maximum absolute atomic E-state index is 12.2. The number of nitrogens with one attached hydrogen (secondary N) is 1. The van der Waals surface area contributed by atoms with E-state index in [1.54, 1.807) is 24.3 Å². The average molecular weight is 477 g/mol. The SMILES string of the molecule is C=CCn1c(COc2ccc(Cl)c(C)c2)nnc1SCC(=O)NCc1ccc(Cl)cc1. The fourth-order valence-electron chi connectivity index (χ4n) is 2.68. The lowest BCUT2D eigenvalue weighted by atomic mass is 10.2. The molecular formula is C22H22Cl2N4O2S. The molecule has 0 spiro atoms. The Labute approximate surface area is 195 Å². The Morgan fingerprint density at radius 1 is 1.23 bits per heavy atom. The summed E-state index contributed by atoms with van der Waals surface area (Å²) in [6, 6.07) is 12.8. The third-order valence-corrected chi connectivity index (χ3v) is 5.98. The summed E-state index contributed by atoms with van der Waals surface area (Å²) < 4.78 is 7.72. The normalized spacial score (nSPS) is 10.7. The van der Waals surface area contributed by atoms with E-state index in [1.165, 1.54) is 11.8 Å². The molecule has 0 saturated heterocycles. The highest BCUT2D eigenvalue weighted by Gasteiger charge is 2.14. The predicted octanol–water partition coefficient (Wildman–Crippen LogP) is 5.07. The van der Waals surface area contributed by atoms with Gasteiger partial charge < -0.3 is 10.1 Å². The molecule has 0 aliphatic carbocycles. The largest absolute Gasteiger partial charge is 0.486 e. The van der Waals surface area contributed by atoms with Crippen molar-refractivity contribution in [1.29, 1.82) is 0 Å². The summed E-state index contributed by atoms with van der Waals surface area (Å²) in [5.41, 5.74) is 1.92. The third kappa shape index (κ3) is 6.75. The Hall–Kier alpha value is -2.48. The highest BCUT2D eigenvalue weighted by atomic mass is 35.5. The van der Waals surface area contributed by atoms with Crippen LogP contribution in [0.25, 0.3) is 0 Å². The van der Waals surface area contributed by atoms with Gasteiger partial charge in [0.15, 0.2) is 11.0 Å². The molecule has 0 unspecified atom stereocenters. The molecule has 0 saturated carbocycles. The second kappa shape index (κ2) is 11.2. The standard InChI is InChI=1S/C22H22Cl2N4O2S/c1-3-10-28-20(13-30-18-8-9-19(24)15(2)11-18)26-27-22(28)31-14-21(29)25-12-16-4-6-17(23)7-5-16/h3-9,11H,1,10,12-14H2,2H3,(H,25,29). The summed E-state index contributed by atoms with van der Waals surface area (Å²) in [6.45, 7) is 6.91. The molecule has 3 aromatic rings. The lowest BCUT2D eigenvalue weighted by molar-refractivity contribution is -0.118. The van der Waals surface area contributed by atoms with Crippen molar-refractivity contribution in [2.45, 2.75) is 31.8 Å². The van der Waals surface area contributed by atoms with Crippen molar-refractivity contribution in [1.82, 2.24) is 20.1 Å². The molecule has 1 amide bonds. The second-order valence-electron chi connectivity index (χ2n) is 6.69. The van der Waals surface area contributed by atoms with E-state index in [1.807, 2.05) is 35.8 Å². The monoisotopic (exact) mass is 476 g/mol. The number of nitrogens with zero attached hydrogens (tertiary/aromatic N) is 3. The fourth-order valence-corrected chi connectivity index (χ4v) is 3.72. The number of hydrogen-bond donors (Lipinski definition) is 1. The lowest BCUT2D eigenvalue weighted by Gasteiger charge is -2.10. The smallest absolute Gasteiger partial charge is 0.230 e. The van der Waals surface area contributed by atoms with Gasteiger partial charge >= 0.3 is 0 Å². The number of rotatable bonds is 10. The number of ether oxygens (including phenoxy) is 1. The summed E-state index contributed by atoms with van der Waals surface area (Å²) in [5.74, 6) is 1.48. The minimum atomic E-state index is -0.0949. The molecule has 0 aliphatic rings. The van der Waals surface area contributed by atoms with Crippen LogP contribution in [0.15, 0.2) is 60.3 Å². The van der Waals surface area contributed by atoms with Gasteiger partial charge in [0.25, 0.3) is 0 Å². The number of carbonyl (C=O) groups excluding carboxylic acids is 1. The molecule has 1 heterocycles. The van der Waals surface area contributed by atoms with Crippen LogP contribution >= 0.6 is 35.0 Å². The van der Waals surface area contributed by atoms with Gasteiger partial charge in [-0.25, -0.2) is 0 Å². The number of benzene rings is 2. The molecule has 0 radical (unpaired) electrons. The van der Waals surface area contributed by atoms with E-state index in [9.17, 15) is 4.79 Å². The van der Waals surface area contributed by atoms with Crippen molar-refractivity contribution in [3.05, 3.63) is 82.1 Å². The number of allylic oxidation sites excluding steroid dienone is 1. The average Bonchev–Trinajstić information content (AvgIpc) is 3.14. The van der Waals surface area contributed by atoms with E-state index in [0.29, 0.717) is 39.9 Å². The number of hydrogen-bond acceptors (Lipinski definition) is 5. The summed E-state index contributed by atoms with van der Waals surface area (Å²) in [4.78, 5) is 12.2. The number of aromatic nitrogens is 3. The second-order valence-corrected chi connectivity index (χ2v) is 8.48. The zero-order chi connectivity index (χ0) is 22.2. The van der Waals surface area contributed by atoms with Crippen LogP contribution in [-0.4, -0.2) is 26.4 Å². The molecule has 3 rings (SSSR count). The van der Waals surface area contributed by atoms with Crippen LogP contribution in [0.5, 0.6) is 5.75 Å². The van der Waals surface area contributed by atoms with Crippen LogP contribution in [0.4, 0.5) is 0 Å². The molecule has 0 atom stereocenters. The molecule has 9 heteroatoms. The topological polar surface area (TPSA) is 69.0 Å². The lowest BCUT2D eigenvalue weighted by Crippen LogP contribution is -2.24. The van der Waals surface area contributed by atoms with Crippen LogP contribution in [0.2, 0.25) is 10.0 Å². The number of halogens is 2. The first-order valence-electron chi connectivity index (χ1n) is 9.52. The Balaban J connectivity index is 1.56. The summed E-state index contributed by atoms with van der Waals surface area (Å²) in [7, 11) is 0. The minimum Gasteiger partial charge on any atom is -0.486 e. The minimum absolute atomic E-state index is 0.0949. The van der Waals surface area contributed by atoms with Gasteiger partial charge in [-0.2, -0.15) is 0 Å². The Morgan fingerprint density at radius 3 is 2.71 bits per heavy atom. The van der Waals surface area contributed by atoms with Crippen molar-refractivity contribution >= 4 is 40.9 Å². The van der Waals surface area contributed by atoms with Gasteiger partial charge in [0, 0.05) is 23.1 Å². The van der Waals surface area contributed by atoms with Crippen LogP contribution in [0.3, 0.4) is 0 Å². The molecule has 0 aliphatic heterocycles. The molecule has 6 nitrogen and oxygen atoms in total. The van der Waals surface area contributed by atoms with E-state index in [-0.39, 0.29) is 18.3 Å². The number of thioether (sulfide) groups is 1. The van der Waals surface area contributed by atoms with E-state index in [0.717, 1.165) is 11.1 Å². The molecule has 162 valence electrons. The molecule has 1 N–H and O–H groups in total. The molecule has 0 fully saturated rings. The van der Waals surface area contributed by atoms with Crippen LogP contribution < -0.4 is 10.1 Å². The molecular weight excluding hydrogens is 455 g/mol. The van der Waals surface area contributed by atoms with Gasteiger partial charge in [-0.15, -0.1) is 16.8 Å². The maximum atomic E-state index is 12.2. The van der Waals surface area contributed by atoms with Gasteiger partial charge in [0.2, 0.25) is 5.91 Å². The third-order valence-electron chi connectivity index (χ3n) is 4.34. The van der Waals surface area contributed by atoms with Crippen molar-refractivity contribution in [2.24, 2.45) is 0 Å². The Bertz CT molecular complexity index is 1050. The van der Waals surface area contributed by atoms with E-state index in [2.05, 4.69) is 22.1 Å². The predicted molar refractivity (Wildman–Crippen MR) is 125 cm³/mol. The first-order valence-corrected chi connectivity index (χ1v) is 11.3. The van der Waals surface area contributed by atoms with Crippen molar-refractivity contribution in [2.75, 3.05) is 5.75 Å². The number of amides is 1. The van der Waals surface area contributed by atoms with Crippen molar-refractivity contribution < 1.29 is 9.53 Å². The van der Waals surface area contributed by atoms with Crippen LogP contribution in [0.1, 0.15) is 17.0 Å². The van der Waals surface area contributed by atoms with Gasteiger partial charge in [0.1, 0.15) is 12.4 Å². The molecule has 31 heavy (non-hydrogen) atoms. The summed E-state index contributed by atoms with van der Waals surface area (Å²) in [5, 5.41) is 13.3. The maximum Gasteiger partial charge on any atom is 0.230 e. The first kappa shape index (κ1) is 23.2. The Morgan fingerprint density at radius 2 is 2.00 bits per heavy atom. The van der Waals surface area contributed by atoms with E-state index >= 15 is 0 Å².